The maximum Gasteiger partial charge on any atom is 0.308 e. The monoisotopic (exact) mass is 257 g/mol. The molecule has 0 heterocycles. The van der Waals surface area contributed by atoms with Crippen LogP contribution < -0.4 is 5.32 Å². The third kappa shape index (κ3) is 5.04. The van der Waals surface area contributed by atoms with Crippen molar-refractivity contribution in [2.24, 2.45) is 5.92 Å². The van der Waals surface area contributed by atoms with Gasteiger partial charge in [0.1, 0.15) is 6.61 Å². The largest absolute Gasteiger partial charge is 0.466 e. The number of nitrogens with one attached hydrogen (secondary N) is 1. The normalized spacial score (nSPS) is 23.4. The number of rotatable bonds is 6. The van der Waals surface area contributed by atoms with Gasteiger partial charge < -0.3 is 14.8 Å². The van der Waals surface area contributed by atoms with Gasteiger partial charge in [-0.3, -0.25) is 9.59 Å². The first-order valence-corrected chi connectivity index (χ1v) is 6.71. The van der Waals surface area contributed by atoms with Crippen LogP contribution >= 0.6 is 0 Å². The Bertz CT molecular complexity index is 272. The molecule has 5 nitrogen and oxygen atoms in total. The van der Waals surface area contributed by atoms with Gasteiger partial charge in [0, 0.05) is 12.6 Å². The van der Waals surface area contributed by atoms with E-state index in [0.717, 1.165) is 25.7 Å². The summed E-state index contributed by atoms with van der Waals surface area (Å²) in [7, 11) is 0. The summed E-state index contributed by atoms with van der Waals surface area (Å²) in [6.45, 7) is 4.77. The second kappa shape index (κ2) is 8.08. The second-order valence-corrected chi connectivity index (χ2v) is 4.51. The van der Waals surface area contributed by atoms with Crippen LogP contribution in [0.4, 0.5) is 0 Å². The Balaban J connectivity index is 2.22. The molecule has 1 N–H and O–H groups in total. The first-order valence-electron chi connectivity index (χ1n) is 6.71. The number of amides is 1. The lowest BCUT2D eigenvalue weighted by Crippen LogP contribution is -2.40. The maximum absolute atomic E-state index is 11.5. The number of hydrogen-bond donors (Lipinski definition) is 1. The fourth-order valence-corrected chi connectivity index (χ4v) is 2.20. The number of ether oxygens (including phenoxy) is 2. The Kier molecular flexibility index (Phi) is 6.72. The van der Waals surface area contributed by atoms with E-state index in [4.69, 9.17) is 9.47 Å². The van der Waals surface area contributed by atoms with E-state index >= 15 is 0 Å². The van der Waals surface area contributed by atoms with E-state index in [0.29, 0.717) is 13.2 Å². The topological polar surface area (TPSA) is 64.6 Å². The van der Waals surface area contributed by atoms with Crippen molar-refractivity contribution in [2.75, 3.05) is 19.8 Å². The fraction of sp³-hybridized carbons (Fsp3) is 0.846. The Morgan fingerprint density at radius 1 is 1.11 bits per heavy atom. The molecule has 0 aliphatic heterocycles. The van der Waals surface area contributed by atoms with Crippen molar-refractivity contribution in [1.82, 2.24) is 5.32 Å². The van der Waals surface area contributed by atoms with Gasteiger partial charge in [-0.1, -0.05) is 0 Å². The molecular weight excluding hydrogens is 234 g/mol. The van der Waals surface area contributed by atoms with Crippen LogP contribution in [-0.4, -0.2) is 37.7 Å². The lowest BCUT2D eigenvalue weighted by Gasteiger charge is -2.27. The van der Waals surface area contributed by atoms with Crippen molar-refractivity contribution >= 4 is 11.9 Å². The molecule has 0 bridgehead atoms. The van der Waals surface area contributed by atoms with Crippen LogP contribution in [0.1, 0.15) is 39.5 Å². The molecule has 0 radical (unpaired) electrons. The van der Waals surface area contributed by atoms with Crippen molar-refractivity contribution in [1.29, 1.82) is 0 Å². The molecule has 5 heteroatoms. The van der Waals surface area contributed by atoms with Gasteiger partial charge in [0.25, 0.3) is 0 Å². The predicted octanol–water partition coefficient (Wildman–Crippen LogP) is 1.26. The summed E-state index contributed by atoms with van der Waals surface area (Å²) >= 11 is 0. The Hall–Kier alpha value is -1.10. The number of carbonyl (C=O) groups is 2. The highest BCUT2D eigenvalue weighted by Gasteiger charge is 2.27. The zero-order chi connectivity index (χ0) is 13.4. The van der Waals surface area contributed by atoms with Crippen LogP contribution in [0.2, 0.25) is 0 Å². The Morgan fingerprint density at radius 2 is 1.78 bits per heavy atom. The summed E-state index contributed by atoms with van der Waals surface area (Å²) in [5.74, 6) is -0.168. The molecule has 1 saturated carbocycles. The summed E-state index contributed by atoms with van der Waals surface area (Å²) in [4.78, 5) is 23.0. The van der Waals surface area contributed by atoms with E-state index < -0.39 is 0 Å². The minimum Gasteiger partial charge on any atom is -0.466 e. The molecule has 0 aromatic carbocycles. The van der Waals surface area contributed by atoms with E-state index in [1.807, 2.05) is 13.8 Å². The van der Waals surface area contributed by atoms with Gasteiger partial charge >= 0.3 is 5.97 Å². The van der Waals surface area contributed by atoms with E-state index in [1.165, 1.54) is 0 Å². The van der Waals surface area contributed by atoms with Crippen LogP contribution in [0.25, 0.3) is 0 Å². The number of esters is 1. The highest BCUT2D eigenvalue weighted by molar-refractivity contribution is 5.77. The van der Waals surface area contributed by atoms with Crippen LogP contribution in [0.5, 0.6) is 0 Å². The first-order chi connectivity index (χ1) is 8.67. The molecule has 0 unspecified atom stereocenters. The van der Waals surface area contributed by atoms with Crippen LogP contribution in [0, 0.1) is 5.92 Å². The van der Waals surface area contributed by atoms with Gasteiger partial charge in [0.15, 0.2) is 0 Å². The highest BCUT2D eigenvalue weighted by Crippen LogP contribution is 2.25. The van der Waals surface area contributed by atoms with Crippen molar-refractivity contribution < 1.29 is 19.1 Å². The second-order valence-electron chi connectivity index (χ2n) is 4.51. The summed E-state index contributed by atoms with van der Waals surface area (Å²) < 4.78 is 10.0. The number of hydrogen-bond acceptors (Lipinski definition) is 4. The van der Waals surface area contributed by atoms with Gasteiger partial charge in [-0.2, -0.15) is 0 Å². The quantitative estimate of drug-likeness (QED) is 0.728. The molecule has 1 rings (SSSR count). The van der Waals surface area contributed by atoms with Gasteiger partial charge in [-0.05, 0) is 39.5 Å². The van der Waals surface area contributed by atoms with Crippen molar-refractivity contribution in [3.8, 4) is 0 Å². The number of carbonyl (C=O) groups excluding carboxylic acids is 2. The smallest absolute Gasteiger partial charge is 0.308 e. The third-order valence-electron chi connectivity index (χ3n) is 3.15. The lowest BCUT2D eigenvalue weighted by atomic mass is 9.86. The van der Waals surface area contributed by atoms with Crippen molar-refractivity contribution in [2.45, 2.75) is 45.6 Å². The maximum atomic E-state index is 11.5. The summed E-state index contributed by atoms with van der Waals surface area (Å²) in [6, 6.07) is 0.170. The molecule has 1 aliphatic carbocycles. The van der Waals surface area contributed by atoms with Crippen LogP contribution in [0.15, 0.2) is 0 Å². The molecule has 0 aromatic rings. The Labute approximate surface area is 108 Å². The molecule has 1 aliphatic rings. The van der Waals surface area contributed by atoms with E-state index in [1.54, 1.807) is 0 Å². The minimum atomic E-state index is -0.100. The Morgan fingerprint density at radius 3 is 2.33 bits per heavy atom. The zero-order valence-electron chi connectivity index (χ0n) is 11.2. The van der Waals surface area contributed by atoms with Crippen LogP contribution in [0.3, 0.4) is 0 Å². The zero-order valence-corrected chi connectivity index (χ0v) is 11.2. The summed E-state index contributed by atoms with van der Waals surface area (Å²) in [5, 5.41) is 2.93. The van der Waals surface area contributed by atoms with Gasteiger partial charge in [0.05, 0.1) is 12.5 Å². The first kappa shape index (κ1) is 15.0. The van der Waals surface area contributed by atoms with Gasteiger partial charge in [-0.25, -0.2) is 0 Å². The van der Waals surface area contributed by atoms with E-state index in [-0.39, 0.29) is 30.4 Å². The summed E-state index contributed by atoms with van der Waals surface area (Å²) in [6.07, 6.45) is 3.25. The van der Waals surface area contributed by atoms with Crippen molar-refractivity contribution in [3.05, 3.63) is 0 Å². The third-order valence-corrected chi connectivity index (χ3v) is 3.15. The standard InChI is InChI=1S/C13H23NO4/c1-3-17-9-12(15)14-11-7-5-10(6-8-11)13(16)18-4-2/h10-11H,3-9H2,1-2H3,(H,14,15). The minimum absolute atomic E-state index is 0.00462. The SMILES string of the molecule is CCOCC(=O)NC1CCC(C(=O)OCC)CC1. The molecular formula is C13H23NO4. The molecule has 0 aromatic heterocycles. The molecule has 0 atom stereocenters. The summed E-state index contributed by atoms with van der Waals surface area (Å²) in [5.41, 5.74) is 0. The molecule has 18 heavy (non-hydrogen) atoms. The predicted molar refractivity (Wildman–Crippen MR) is 67.0 cm³/mol. The molecule has 104 valence electrons. The fourth-order valence-electron chi connectivity index (χ4n) is 2.20. The van der Waals surface area contributed by atoms with E-state index in [9.17, 15) is 9.59 Å². The lowest BCUT2D eigenvalue weighted by molar-refractivity contribution is -0.149. The van der Waals surface area contributed by atoms with Crippen LogP contribution in [-0.2, 0) is 19.1 Å². The molecule has 0 saturated heterocycles. The highest BCUT2D eigenvalue weighted by atomic mass is 16.5. The molecule has 1 fully saturated rings. The average molecular weight is 257 g/mol. The molecule has 0 spiro atoms. The van der Waals surface area contributed by atoms with E-state index in [2.05, 4.69) is 5.32 Å². The van der Waals surface area contributed by atoms with Gasteiger partial charge in [0.2, 0.25) is 5.91 Å². The molecule has 1 amide bonds. The van der Waals surface area contributed by atoms with Gasteiger partial charge in [-0.15, -0.1) is 0 Å². The van der Waals surface area contributed by atoms with Crippen molar-refractivity contribution in [3.63, 3.8) is 0 Å². The average Bonchev–Trinajstić information content (AvgIpc) is 2.37.